The van der Waals surface area contributed by atoms with Gasteiger partial charge in [0.15, 0.2) is 5.96 Å². The van der Waals surface area contributed by atoms with Crippen molar-refractivity contribution >= 4 is 5.96 Å². The van der Waals surface area contributed by atoms with Gasteiger partial charge in [-0.05, 0) is 76.3 Å². The molecular formula is C18H34N4. The predicted octanol–water partition coefficient (Wildman–Crippen LogP) is 2.46. The molecule has 4 nitrogen and oxygen atoms in total. The first-order valence-electron chi connectivity index (χ1n) is 9.61. The second-order valence-electron chi connectivity index (χ2n) is 7.39. The van der Waals surface area contributed by atoms with Gasteiger partial charge >= 0.3 is 0 Å². The van der Waals surface area contributed by atoms with E-state index in [0.717, 1.165) is 49.9 Å². The molecule has 1 aliphatic heterocycles. The minimum absolute atomic E-state index is 0.873. The summed E-state index contributed by atoms with van der Waals surface area (Å²) >= 11 is 0. The maximum Gasteiger partial charge on any atom is 0.191 e. The van der Waals surface area contributed by atoms with E-state index in [1.165, 1.54) is 58.0 Å². The molecule has 2 saturated carbocycles. The summed E-state index contributed by atoms with van der Waals surface area (Å²) in [4.78, 5) is 7.48. The van der Waals surface area contributed by atoms with Crippen LogP contribution in [0.4, 0.5) is 0 Å². The van der Waals surface area contributed by atoms with Gasteiger partial charge < -0.3 is 15.5 Å². The van der Waals surface area contributed by atoms with Crippen molar-refractivity contribution in [1.29, 1.82) is 0 Å². The van der Waals surface area contributed by atoms with E-state index in [-0.39, 0.29) is 0 Å². The normalized spacial score (nSPS) is 23.8. The lowest BCUT2D eigenvalue weighted by Crippen LogP contribution is -2.43. The molecule has 3 aliphatic rings. The van der Waals surface area contributed by atoms with Crippen molar-refractivity contribution in [3.8, 4) is 0 Å². The van der Waals surface area contributed by atoms with Crippen molar-refractivity contribution in [2.75, 3.05) is 39.3 Å². The van der Waals surface area contributed by atoms with E-state index >= 15 is 0 Å². The summed E-state index contributed by atoms with van der Waals surface area (Å²) in [5.41, 5.74) is 0. The zero-order valence-electron chi connectivity index (χ0n) is 14.3. The molecule has 1 saturated heterocycles. The van der Waals surface area contributed by atoms with Gasteiger partial charge in [-0.2, -0.15) is 0 Å². The maximum atomic E-state index is 4.89. The molecule has 3 rings (SSSR count). The van der Waals surface area contributed by atoms with E-state index in [4.69, 9.17) is 4.99 Å². The highest BCUT2D eigenvalue weighted by atomic mass is 15.2. The van der Waals surface area contributed by atoms with E-state index in [2.05, 4.69) is 22.5 Å². The molecular weight excluding hydrogens is 272 g/mol. The van der Waals surface area contributed by atoms with Crippen LogP contribution in [-0.4, -0.2) is 50.1 Å². The van der Waals surface area contributed by atoms with Crippen molar-refractivity contribution in [2.45, 2.75) is 51.9 Å². The lowest BCUT2D eigenvalue weighted by atomic mass is 9.98. The lowest BCUT2D eigenvalue weighted by Gasteiger charge is -2.26. The van der Waals surface area contributed by atoms with Crippen LogP contribution in [0.2, 0.25) is 0 Å². The Balaban J connectivity index is 1.40. The van der Waals surface area contributed by atoms with Gasteiger partial charge in [-0.15, -0.1) is 0 Å². The van der Waals surface area contributed by atoms with Crippen LogP contribution in [0.15, 0.2) is 4.99 Å². The highest BCUT2D eigenvalue weighted by Gasteiger charge is 2.41. The monoisotopic (exact) mass is 306 g/mol. The molecule has 0 aromatic heterocycles. The number of aliphatic imine (C=N–C) groups is 1. The third kappa shape index (κ3) is 5.15. The Morgan fingerprint density at radius 1 is 1.05 bits per heavy atom. The first-order chi connectivity index (χ1) is 10.9. The van der Waals surface area contributed by atoms with Crippen molar-refractivity contribution in [1.82, 2.24) is 15.5 Å². The van der Waals surface area contributed by atoms with Crippen LogP contribution in [0.1, 0.15) is 51.9 Å². The molecule has 0 unspecified atom stereocenters. The Hall–Kier alpha value is -0.770. The molecule has 3 fully saturated rings. The van der Waals surface area contributed by atoms with Gasteiger partial charge in [-0.1, -0.05) is 6.42 Å². The van der Waals surface area contributed by atoms with Crippen LogP contribution in [0.25, 0.3) is 0 Å². The number of hydrogen-bond donors (Lipinski definition) is 2. The highest BCUT2D eigenvalue weighted by Crippen LogP contribution is 2.49. The summed E-state index contributed by atoms with van der Waals surface area (Å²) in [6.45, 7) is 8.87. The number of likely N-dealkylation sites (tertiary alicyclic amines) is 1. The first-order valence-corrected chi connectivity index (χ1v) is 9.61. The molecule has 22 heavy (non-hydrogen) atoms. The van der Waals surface area contributed by atoms with Gasteiger partial charge in [0.05, 0.1) is 0 Å². The quantitative estimate of drug-likeness (QED) is 0.534. The fraction of sp³-hybridized carbons (Fsp3) is 0.944. The summed E-state index contributed by atoms with van der Waals surface area (Å²) < 4.78 is 0. The fourth-order valence-electron chi connectivity index (χ4n) is 3.79. The molecule has 0 radical (unpaired) electrons. The third-order valence-corrected chi connectivity index (χ3v) is 5.43. The zero-order valence-corrected chi connectivity index (χ0v) is 14.3. The Kier molecular flexibility index (Phi) is 5.99. The number of nitrogens with zero attached hydrogens (tertiary/aromatic N) is 2. The molecule has 0 bridgehead atoms. The Morgan fingerprint density at radius 2 is 1.73 bits per heavy atom. The summed E-state index contributed by atoms with van der Waals surface area (Å²) in [5, 5.41) is 6.95. The minimum Gasteiger partial charge on any atom is -0.357 e. The van der Waals surface area contributed by atoms with Crippen LogP contribution in [-0.2, 0) is 0 Å². The van der Waals surface area contributed by atoms with Crippen LogP contribution in [0, 0.1) is 17.8 Å². The second-order valence-corrected chi connectivity index (χ2v) is 7.39. The Labute approximate surface area is 136 Å². The number of piperidine rings is 1. The maximum absolute atomic E-state index is 4.89. The predicted molar refractivity (Wildman–Crippen MR) is 93.2 cm³/mol. The lowest BCUT2D eigenvalue weighted by molar-refractivity contribution is 0.232. The van der Waals surface area contributed by atoms with Gasteiger partial charge in [-0.3, -0.25) is 4.99 Å². The molecule has 0 aromatic carbocycles. The average molecular weight is 306 g/mol. The van der Waals surface area contributed by atoms with Crippen LogP contribution >= 0.6 is 0 Å². The first kappa shape index (κ1) is 16.1. The van der Waals surface area contributed by atoms with E-state index in [0.29, 0.717) is 0 Å². The average Bonchev–Trinajstić information content (AvgIpc) is 3.42. The summed E-state index contributed by atoms with van der Waals surface area (Å²) in [6, 6.07) is 0. The number of nitrogens with one attached hydrogen (secondary N) is 2. The van der Waals surface area contributed by atoms with E-state index < -0.39 is 0 Å². The molecule has 0 atom stereocenters. The number of hydrogen-bond acceptors (Lipinski definition) is 2. The molecule has 2 N–H and O–H groups in total. The topological polar surface area (TPSA) is 39.7 Å². The summed E-state index contributed by atoms with van der Waals surface area (Å²) in [7, 11) is 0. The van der Waals surface area contributed by atoms with Crippen molar-refractivity contribution in [3.63, 3.8) is 0 Å². The highest BCUT2D eigenvalue weighted by molar-refractivity contribution is 5.79. The van der Waals surface area contributed by atoms with Crippen LogP contribution < -0.4 is 10.6 Å². The van der Waals surface area contributed by atoms with Crippen molar-refractivity contribution in [3.05, 3.63) is 0 Å². The standard InChI is InChI=1S/C18H34N4/c1-2-19-18(20-10-13-22-11-4-3-5-12-22)21-14-17(15-6-7-15)16-8-9-16/h15-17H,2-14H2,1H3,(H2,19,20,21). The zero-order chi connectivity index (χ0) is 15.2. The summed E-state index contributed by atoms with van der Waals surface area (Å²) in [5.74, 6) is 3.89. The van der Waals surface area contributed by atoms with E-state index in [9.17, 15) is 0 Å². The van der Waals surface area contributed by atoms with E-state index in [1.807, 2.05) is 0 Å². The molecule has 0 aromatic rings. The van der Waals surface area contributed by atoms with Gasteiger partial charge in [0, 0.05) is 26.2 Å². The Bertz CT molecular complexity index is 342. The fourth-order valence-corrected chi connectivity index (χ4v) is 3.79. The SMILES string of the molecule is CCNC(=NCC(C1CC1)C1CC1)NCCN1CCCCC1. The van der Waals surface area contributed by atoms with Gasteiger partial charge in [0.2, 0.25) is 0 Å². The molecule has 126 valence electrons. The van der Waals surface area contributed by atoms with Crippen molar-refractivity contribution in [2.24, 2.45) is 22.7 Å². The molecule has 2 aliphatic carbocycles. The van der Waals surface area contributed by atoms with Gasteiger partial charge in [-0.25, -0.2) is 0 Å². The third-order valence-electron chi connectivity index (χ3n) is 5.43. The van der Waals surface area contributed by atoms with Crippen molar-refractivity contribution < 1.29 is 0 Å². The molecule has 1 heterocycles. The van der Waals surface area contributed by atoms with Crippen LogP contribution in [0.5, 0.6) is 0 Å². The number of rotatable bonds is 8. The van der Waals surface area contributed by atoms with Crippen LogP contribution in [0.3, 0.4) is 0 Å². The Morgan fingerprint density at radius 3 is 2.32 bits per heavy atom. The number of guanidine groups is 1. The van der Waals surface area contributed by atoms with Gasteiger partial charge in [0.1, 0.15) is 0 Å². The second kappa shape index (κ2) is 8.19. The molecule has 0 amide bonds. The molecule has 4 heteroatoms. The largest absolute Gasteiger partial charge is 0.357 e. The minimum atomic E-state index is 0.873. The molecule has 0 spiro atoms. The summed E-state index contributed by atoms with van der Waals surface area (Å²) in [6.07, 6.45) is 9.98. The smallest absolute Gasteiger partial charge is 0.191 e. The van der Waals surface area contributed by atoms with E-state index in [1.54, 1.807) is 0 Å². The van der Waals surface area contributed by atoms with Gasteiger partial charge in [0.25, 0.3) is 0 Å².